The highest BCUT2D eigenvalue weighted by molar-refractivity contribution is 5.54. The standard InChI is InChI=1S/C14H22N4/c1-15-12-5-7-18(10-12)13-4-6-16-14(8-13)17-9-11-2-3-11/h4,6,8,11-12,15H,2-3,5,7,9-10H2,1H3,(H,16,17)/t12-/m1/s1. The van der Waals surface area contributed by atoms with E-state index in [0.717, 1.165) is 31.4 Å². The lowest BCUT2D eigenvalue weighted by atomic mass is 10.3. The number of hydrogen-bond donors (Lipinski definition) is 2. The Kier molecular flexibility index (Phi) is 3.37. The summed E-state index contributed by atoms with van der Waals surface area (Å²) in [6, 6.07) is 4.92. The van der Waals surface area contributed by atoms with Crippen molar-refractivity contribution in [2.45, 2.75) is 25.3 Å². The van der Waals surface area contributed by atoms with Crippen molar-refractivity contribution >= 4 is 11.5 Å². The SMILES string of the molecule is CN[C@@H]1CCN(c2ccnc(NCC3CC3)c2)C1. The van der Waals surface area contributed by atoms with Crippen molar-refractivity contribution in [3.05, 3.63) is 18.3 Å². The number of nitrogens with zero attached hydrogens (tertiary/aromatic N) is 2. The number of anilines is 2. The van der Waals surface area contributed by atoms with Crippen molar-refractivity contribution in [1.29, 1.82) is 0 Å². The Hall–Kier alpha value is -1.29. The molecular formula is C14H22N4. The zero-order chi connectivity index (χ0) is 12.4. The van der Waals surface area contributed by atoms with E-state index in [1.54, 1.807) is 0 Å². The normalized spacial score (nSPS) is 23.4. The summed E-state index contributed by atoms with van der Waals surface area (Å²) in [5, 5.41) is 6.80. The molecule has 0 aromatic carbocycles. The zero-order valence-corrected chi connectivity index (χ0v) is 11.0. The highest BCUT2D eigenvalue weighted by Crippen LogP contribution is 2.29. The second-order valence-electron chi connectivity index (χ2n) is 5.44. The van der Waals surface area contributed by atoms with E-state index in [0.29, 0.717) is 6.04 Å². The third kappa shape index (κ3) is 2.75. The molecule has 0 bridgehead atoms. The van der Waals surface area contributed by atoms with Crippen molar-refractivity contribution in [1.82, 2.24) is 10.3 Å². The molecule has 18 heavy (non-hydrogen) atoms. The van der Waals surface area contributed by atoms with Gasteiger partial charge in [0.2, 0.25) is 0 Å². The van der Waals surface area contributed by atoms with Gasteiger partial charge in [0.25, 0.3) is 0 Å². The van der Waals surface area contributed by atoms with Crippen molar-refractivity contribution in [2.75, 3.05) is 36.9 Å². The largest absolute Gasteiger partial charge is 0.370 e. The molecule has 3 rings (SSSR count). The lowest BCUT2D eigenvalue weighted by Gasteiger charge is -2.19. The van der Waals surface area contributed by atoms with Crippen LogP contribution < -0.4 is 15.5 Å². The molecule has 1 aromatic rings. The third-order valence-corrected chi connectivity index (χ3v) is 3.97. The number of pyridine rings is 1. The molecule has 2 heterocycles. The summed E-state index contributed by atoms with van der Waals surface area (Å²) in [5.74, 6) is 1.91. The first-order valence-corrected chi connectivity index (χ1v) is 6.97. The molecule has 0 unspecified atom stereocenters. The quantitative estimate of drug-likeness (QED) is 0.829. The van der Waals surface area contributed by atoms with Crippen LogP contribution in [0.2, 0.25) is 0 Å². The second kappa shape index (κ2) is 5.14. The van der Waals surface area contributed by atoms with Gasteiger partial charge in [-0.15, -0.1) is 0 Å². The average molecular weight is 246 g/mol. The van der Waals surface area contributed by atoms with E-state index in [4.69, 9.17) is 0 Å². The predicted octanol–water partition coefficient (Wildman–Crippen LogP) is 1.70. The molecule has 4 nitrogen and oxygen atoms in total. The van der Waals surface area contributed by atoms with Gasteiger partial charge < -0.3 is 15.5 Å². The summed E-state index contributed by atoms with van der Waals surface area (Å²) < 4.78 is 0. The van der Waals surface area contributed by atoms with Gasteiger partial charge >= 0.3 is 0 Å². The summed E-state index contributed by atoms with van der Waals surface area (Å²) in [4.78, 5) is 6.83. The fourth-order valence-electron chi connectivity index (χ4n) is 2.51. The van der Waals surface area contributed by atoms with Gasteiger partial charge in [0.1, 0.15) is 5.82 Å². The van der Waals surface area contributed by atoms with Gasteiger partial charge in [0.15, 0.2) is 0 Å². The number of hydrogen-bond acceptors (Lipinski definition) is 4. The molecule has 1 aromatic heterocycles. The minimum Gasteiger partial charge on any atom is -0.370 e. The Labute approximate surface area is 109 Å². The van der Waals surface area contributed by atoms with E-state index < -0.39 is 0 Å². The van der Waals surface area contributed by atoms with Crippen LogP contribution in [0.1, 0.15) is 19.3 Å². The Morgan fingerprint density at radius 2 is 2.28 bits per heavy atom. The third-order valence-electron chi connectivity index (χ3n) is 3.97. The van der Waals surface area contributed by atoms with Crippen molar-refractivity contribution in [2.24, 2.45) is 5.92 Å². The molecule has 4 heteroatoms. The maximum Gasteiger partial charge on any atom is 0.127 e. The smallest absolute Gasteiger partial charge is 0.127 e. The molecule has 1 saturated heterocycles. The summed E-state index contributed by atoms with van der Waals surface area (Å²) in [5.41, 5.74) is 1.29. The van der Waals surface area contributed by atoms with Crippen molar-refractivity contribution in [3.63, 3.8) is 0 Å². The monoisotopic (exact) mass is 246 g/mol. The molecule has 1 atom stereocenters. The Morgan fingerprint density at radius 3 is 3.00 bits per heavy atom. The molecule has 2 N–H and O–H groups in total. The van der Waals surface area contributed by atoms with E-state index in [9.17, 15) is 0 Å². The predicted molar refractivity (Wildman–Crippen MR) is 75.1 cm³/mol. The van der Waals surface area contributed by atoms with Crippen LogP contribution in [0.5, 0.6) is 0 Å². The van der Waals surface area contributed by atoms with Crippen LogP contribution in [0.3, 0.4) is 0 Å². The topological polar surface area (TPSA) is 40.2 Å². The maximum atomic E-state index is 4.40. The van der Waals surface area contributed by atoms with Crippen LogP contribution in [0.4, 0.5) is 11.5 Å². The molecule has 2 fully saturated rings. The lowest BCUT2D eigenvalue weighted by Crippen LogP contribution is -2.29. The van der Waals surface area contributed by atoms with Gasteiger partial charge in [0, 0.05) is 43.6 Å². The zero-order valence-electron chi connectivity index (χ0n) is 11.0. The molecule has 98 valence electrons. The Morgan fingerprint density at radius 1 is 1.39 bits per heavy atom. The molecule has 1 aliphatic heterocycles. The lowest BCUT2D eigenvalue weighted by molar-refractivity contribution is 0.617. The van der Waals surface area contributed by atoms with Crippen molar-refractivity contribution in [3.8, 4) is 0 Å². The highest BCUT2D eigenvalue weighted by atomic mass is 15.2. The second-order valence-corrected chi connectivity index (χ2v) is 5.44. The van der Waals surface area contributed by atoms with Crippen molar-refractivity contribution < 1.29 is 0 Å². The Balaban J connectivity index is 1.62. The van der Waals surface area contributed by atoms with Gasteiger partial charge in [0.05, 0.1) is 0 Å². The van der Waals surface area contributed by atoms with Crippen LogP contribution in [0.15, 0.2) is 18.3 Å². The molecule has 1 saturated carbocycles. The van der Waals surface area contributed by atoms with Gasteiger partial charge in [-0.1, -0.05) is 0 Å². The fourth-order valence-corrected chi connectivity index (χ4v) is 2.51. The number of rotatable bonds is 5. The Bertz CT molecular complexity index is 403. The first-order chi connectivity index (χ1) is 8.85. The number of likely N-dealkylation sites (N-methyl/N-ethyl adjacent to an activating group) is 1. The van der Waals surface area contributed by atoms with E-state index in [1.165, 1.54) is 24.9 Å². The van der Waals surface area contributed by atoms with Crippen LogP contribution >= 0.6 is 0 Å². The van der Waals surface area contributed by atoms with Gasteiger partial charge in [-0.25, -0.2) is 4.98 Å². The molecule has 0 amide bonds. The fraction of sp³-hybridized carbons (Fsp3) is 0.643. The summed E-state index contributed by atoms with van der Waals surface area (Å²) in [7, 11) is 2.04. The van der Waals surface area contributed by atoms with Crippen LogP contribution in [0.25, 0.3) is 0 Å². The minimum absolute atomic E-state index is 0.626. The summed E-state index contributed by atoms with van der Waals surface area (Å²) in [6.07, 6.45) is 5.90. The summed E-state index contributed by atoms with van der Waals surface area (Å²) >= 11 is 0. The maximum absolute atomic E-state index is 4.40. The van der Waals surface area contributed by atoms with Gasteiger partial charge in [-0.2, -0.15) is 0 Å². The molecule has 0 spiro atoms. The molecular weight excluding hydrogens is 224 g/mol. The molecule has 0 radical (unpaired) electrons. The van der Waals surface area contributed by atoms with E-state index in [-0.39, 0.29) is 0 Å². The van der Waals surface area contributed by atoms with Crippen LogP contribution in [-0.2, 0) is 0 Å². The van der Waals surface area contributed by atoms with E-state index in [1.807, 2.05) is 13.2 Å². The number of nitrogens with one attached hydrogen (secondary N) is 2. The minimum atomic E-state index is 0.626. The first kappa shape index (κ1) is 11.8. The van der Waals surface area contributed by atoms with E-state index >= 15 is 0 Å². The molecule has 2 aliphatic rings. The number of aromatic nitrogens is 1. The van der Waals surface area contributed by atoms with Gasteiger partial charge in [-0.05, 0) is 38.3 Å². The van der Waals surface area contributed by atoms with E-state index in [2.05, 4.69) is 32.7 Å². The highest BCUT2D eigenvalue weighted by Gasteiger charge is 2.22. The molecule has 1 aliphatic carbocycles. The summed E-state index contributed by atoms with van der Waals surface area (Å²) in [6.45, 7) is 3.32. The first-order valence-electron chi connectivity index (χ1n) is 6.97. The average Bonchev–Trinajstić information content (AvgIpc) is 3.12. The van der Waals surface area contributed by atoms with Gasteiger partial charge in [-0.3, -0.25) is 0 Å². The van der Waals surface area contributed by atoms with Crippen LogP contribution in [0, 0.1) is 5.92 Å². The van der Waals surface area contributed by atoms with Crippen LogP contribution in [-0.4, -0.2) is 37.7 Å².